The first-order chi connectivity index (χ1) is 11.7. The molecule has 2 aromatic rings. The van der Waals surface area contributed by atoms with E-state index in [1.165, 1.54) is 0 Å². The van der Waals surface area contributed by atoms with Gasteiger partial charge in [0.25, 0.3) is 5.91 Å². The van der Waals surface area contributed by atoms with Crippen LogP contribution in [0.5, 0.6) is 11.5 Å². The molecule has 126 valence electrons. The van der Waals surface area contributed by atoms with Crippen molar-refractivity contribution < 1.29 is 19.0 Å². The fourth-order valence-corrected chi connectivity index (χ4v) is 2.78. The lowest BCUT2D eigenvalue weighted by Gasteiger charge is -2.25. The van der Waals surface area contributed by atoms with Crippen molar-refractivity contribution >= 4 is 5.91 Å². The van der Waals surface area contributed by atoms with Gasteiger partial charge in [-0.2, -0.15) is 0 Å². The van der Waals surface area contributed by atoms with Crippen molar-refractivity contribution in [2.24, 2.45) is 0 Å². The highest BCUT2D eigenvalue weighted by Crippen LogP contribution is 2.35. The molecule has 1 fully saturated rings. The highest BCUT2D eigenvalue weighted by molar-refractivity contribution is 5.79. The van der Waals surface area contributed by atoms with Gasteiger partial charge in [0.15, 0.2) is 6.23 Å². The van der Waals surface area contributed by atoms with Crippen molar-refractivity contribution in [3.63, 3.8) is 0 Å². The Labute approximate surface area is 141 Å². The zero-order valence-electron chi connectivity index (χ0n) is 13.9. The molecular weight excluding hydrogens is 306 g/mol. The quantitative estimate of drug-likeness (QED) is 0.818. The van der Waals surface area contributed by atoms with Gasteiger partial charge < -0.3 is 19.1 Å². The van der Waals surface area contributed by atoms with Gasteiger partial charge in [-0.15, -0.1) is 0 Å². The standard InChI is InChI=1S/C19H21NO4/c1-3-23-17-7-5-4-6-16(17)19-20(18(21)13-24-19)12-14-8-10-15(22-2)11-9-14/h4-11,19H,3,12-13H2,1-2H3. The van der Waals surface area contributed by atoms with E-state index in [4.69, 9.17) is 14.2 Å². The van der Waals surface area contributed by atoms with Crippen LogP contribution in [0, 0.1) is 0 Å². The van der Waals surface area contributed by atoms with Gasteiger partial charge in [0.2, 0.25) is 0 Å². The Kier molecular flexibility index (Phi) is 5.01. The van der Waals surface area contributed by atoms with E-state index in [1.54, 1.807) is 12.0 Å². The van der Waals surface area contributed by atoms with Gasteiger partial charge in [0.1, 0.15) is 18.1 Å². The van der Waals surface area contributed by atoms with Gasteiger partial charge in [-0.05, 0) is 30.7 Å². The first-order valence-corrected chi connectivity index (χ1v) is 7.98. The lowest BCUT2D eigenvalue weighted by atomic mass is 10.1. The van der Waals surface area contributed by atoms with E-state index in [9.17, 15) is 4.79 Å². The molecule has 5 nitrogen and oxygen atoms in total. The molecular formula is C19H21NO4. The number of carbonyl (C=O) groups excluding carboxylic acids is 1. The van der Waals surface area contributed by atoms with Crippen LogP contribution < -0.4 is 9.47 Å². The van der Waals surface area contributed by atoms with Crippen LogP contribution in [0.1, 0.15) is 24.3 Å². The summed E-state index contributed by atoms with van der Waals surface area (Å²) >= 11 is 0. The van der Waals surface area contributed by atoms with Crippen LogP contribution in [-0.2, 0) is 16.1 Å². The zero-order chi connectivity index (χ0) is 16.9. The van der Waals surface area contributed by atoms with Gasteiger partial charge in [-0.3, -0.25) is 4.79 Å². The monoisotopic (exact) mass is 327 g/mol. The Morgan fingerprint density at radius 2 is 1.92 bits per heavy atom. The summed E-state index contributed by atoms with van der Waals surface area (Å²) in [4.78, 5) is 14.0. The van der Waals surface area contributed by atoms with Crippen LogP contribution in [-0.4, -0.2) is 31.1 Å². The number of para-hydroxylation sites is 1. The molecule has 0 radical (unpaired) electrons. The topological polar surface area (TPSA) is 48.0 Å². The minimum Gasteiger partial charge on any atom is -0.497 e. The summed E-state index contributed by atoms with van der Waals surface area (Å²) in [6.45, 7) is 3.07. The van der Waals surface area contributed by atoms with Crippen molar-refractivity contribution in [1.29, 1.82) is 0 Å². The van der Waals surface area contributed by atoms with E-state index in [1.807, 2.05) is 55.5 Å². The minimum atomic E-state index is -0.428. The molecule has 24 heavy (non-hydrogen) atoms. The molecule has 2 aromatic carbocycles. The van der Waals surface area contributed by atoms with E-state index in [0.29, 0.717) is 13.2 Å². The summed E-state index contributed by atoms with van der Waals surface area (Å²) in [5, 5.41) is 0. The van der Waals surface area contributed by atoms with Gasteiger partial charge >= 0.3 is 0 Å². The number of hydrogen-bond donors (Lipinski definition) is 0. The molecule has 0 spiro atoms. The smallest absolute Gasteiger partial charge is 0.251 e. The Bertz CT molecular complexity index is 699. The Morgan fingerprint density at radius 1 is 1.17 bits per heavy atom. The minimum absolute atomic E-state index is 0.0258. The van der Waals surface area contributed by atoms with Gasteiger partial charge in [0, 0.05) is 12.1 Å². The molecule has 1 heterocycles. The fourth-order valence-electron chi connectivity index (χ4n) is 2.78. The van der Waals surface area contributed by atoms with Crippen LogP contribution in [0.25, 0.3) is 0 Å². The maximum absolute atomic E-state index is 12.3. The van der Waals surface area contributed by atoms with E-state index < -0.39 is 6.23 Å². The molecule has 0 bridgehead atoms. The largest absolute Gasteiger partial charge is 0.497 e. The molecule has 1 aliphatic rings. The van der Waals surface area contributed by atoms with E-state index in [-0.39, 0.29) is 12.5 Å². The maximum Gasteiger partial charge on any atom is 0.251 e. The van der Waals surface area contributed by atoms with E-state index in [2.05, 4.69) is 0 Å². The second-order valence-electron chi connectivity index (χ2n) is 5.50. The summed E-state index contributed by atoms with van der Waals surface area (Å²) in [7, 11) is 1.63. The number of amides is 1. The van der Waals surface area contributed by atoms with Crippen molar-refractivity contribution in [2.45, 2.75) is 19.7 Å². The van der Waals surface area contributed by atoms with Gasteiger partial charge in [-0.1, -0.05) is 30.3 Å². The Hall–Kier alpha value is -2.53. The molecule has 1 saturated heterocycles. The average molecular weight is 327 g/mol. The molecule has 1 amide bonds. The molecule has 0 N–H and O–H groups in total. The molecule has 1 atom stereocenters. The third-order valence-corrected chi connectivity index (χ3v) is 3.96. The maximum atomic E-state index is 12.3. The lowest BCUT2D eigenvalue weighted by molar-refractivity contribution is -0.128. The molecule has 1 unspecified atom stereocenters. The highest BCUT2D eigenvalue weighted by atomic mass is 16.5. The van der Waals surface area contributed by atoms with E-state index in [0.717, 1.165) is 22.6 Å². The van der Waals surface area contributed by atoms with Gasteiger partial charge in [0.05, 0.1) is 13.7 Å². The summed E-state index contributed by atoms with van der Waals surface area (Å²) in [5.74, 6) is 1.52. The van der Waals surface area contributed by atoms with Crippen LogP contribution in [0.4, 0.5) is 0 Å². The van der Waals surface area contributed by atoms with Crippen LogP contribution >= 0.6 is 0 Å². The second kappa shape index (κ2) is 7.36. The van der Waals surface area contributed by atoms with Crippen LogP contribution in [0.2, 0.25) is 0 Å². The first-order valence-electron chi connectivity index (χ1n) is 7.98. The summed E-state index contributed by atoms with van der Waals surface area (Å²) in [6, 6.07) is 15.4. The summed E-state index contributed by atoms with van der Waals surface area (Å²) in [6.07, 6.45) is -0.428. The molecule has 1 aliphatic heterocycles. The van der Waals surface area contributed by atoms with Crippen molar-refractivity contribution in [2.75, 3.05) is 20.3 Å². The predicted molar refractivity (Wildman–Crippen MR) is 89.8 cm³/mol. The number of nitrogens with zero attached hydrogens (tertiary/aromatic N) is 1. The Morgan fingerprint density at radius 3 is 2.62 bits per heavy atom. The molecule has 5 heteroatoms. The zero-order valence-corrected chi connectivity index (χ0v) is 13.9. The summed E-state index contributed by atoms with van der Waals surface area (Å²) in [5.41, 5.74) is 1.90. The number of hydrogen-bond acceptors (Lipinski definition) is 4. The number of methoxy groups -OCH3 is 1. The van der Waals surface area contributed by atoms with Crippen molar-refractivity contribution in [3.05, 3.63) is 59.7 Å². The lowest BCUT2D eigenvalue weighted by Crippen LogP contribution is -2.28. The number of benzene rings is 2. The predicted octanol–water partition coefficient (Wildman–Crippen LogP) is 3.15. The van der Waals surface area contributed by atoms with E-state index >= 15 is 0 Å². The van der Waals surface area contributed by atoms with Crippen molar-refractivity contribution in [3.8, 4) is 11.5 Å². The third kappa shape index (κ3) is 3.36. The average Bonchev–Trinajstić information content (AvgIpc) is 2.97. The number of carbonyl (C=O) groups is 1. The first kappa shape index (κ1) is 16.3. The number of rotatable bonds is 6. The normalized spacial score (nSPS) is 17.2. The number of ether oxygens (including phenoxy) is 3. The Balaban J connectivity index is 1.84. The SMILES string of the molecule is CCOc1ccccc1C1OCC(=O)N1Cc1ccc(OC)cc1. The summed E-state index contributed by atoms with van der Waals surface area (Å²) < 4.78 is 16.6. The fraction of sp³-hybridized carbons (Fsp3) is 0.316. The molecule has 0 aromatic heterocycles. The molecule has 0 aliphatic carbocycles. The van der Waals surface area contributed by atoms with Crippen LogP contribution in [0.15, 0.2) is 48.5 Å². The molecule has 3 rings (SSSR count). The van der Waals surface area contributed by atoms with Gasteiger partial charge in [-0.25, -0.2) is 0 Å². The highest BCUT2D eigenvalue weighted by Gasteiger charge is 2.34. The molecule has 0 saturated carbocycles. The second-order valence-corrected chi connectivity index (χ2v) is 5.50. The van der Waals surface area contributed by atoms with Crippen molar-refractivity contribution in [1.82, 2.24) is 4.90 Å². The third-order valence-electron chi connectivity index (χ3n) is 3.96. The van der Waals surface area contributed by atoms with Crippen LogP contribution in [0.3, 0.4) is 0 Å².